The second-order valence-electron chi connectivity index (χ2n) is 4.67. The van der Waals surface area contributed by atoms with E-state index in [2.05, 4.69) is 17.3 Å². The summed E-state index contributed by atoms with van der Waals surface area (Å²) in [6.07, 6.45) is 0.262. The first-order valence-corrected chi connectivity index (χ1v) is 6.85. The number of nitrogens with one attached hydrogen (secondary N) is 1. The highest BCUT2D eigenvalue weighted by Gasteiger charge is 2.15. The molecule has 5 heteroatoms. The maximum Gasteiger partial charge on any atom is 0.0826 e. The first kappa shape index (κ1) is 14.1. The van der Waals surface area contributed by atoms with E-state index >= 15 is 0 Å². The number of nitrogens with zero attached hydrogens (tertiary/aromatic N) is 1. The van der Waals surface area contributed by atoms with Crippen LogP contribution < -0.4 is 5.32 Å². The van der Waals surface area contributed by atoms with Gasteiger partial charge in [0.1, 0.15) is 0 Å². The van der Waals surface area contributed by atoms with Gasteiger partial charge in [0.25, 0.3) is 0 Å². The fourth-order valence-corrected chi connectivity index (χ4v) is 2.73. The third-order valence-corrected chi connectivity index (χ3v) is 3.33. The lowest BCUT2D eigenvalue weighted by Gasteiger charge is -2.28. The predicted molar refractivity (Wildman–Crippen MR) is 75.4 cm³/mol. The summed E-state index contributed by atoms with van der Waals surface area (Å²) in [4.78, 5) is 2.22. The van der Waals surface area contributed by atoms with Crippen molar-refractivity contribution in [2.75, 3.05) is 33.3 Å². The number of morpholine rings is 1. The molecule has 1 aliphatic rings. The third kappa shape index (κ3) is 4.41. The van der Waals surface area contributed by atoms with Crippen LogP contribution in [-0.2, 0) is 11.3 Å². The summed E-state index contributed by atoms with van der Waals surface area (Å²) in [5.41, 5.74) is 1.12. The molecule has 0 amide bonds. The quantitative estimate of drug-likeness (QED) is 0.921. The van der Waals surface area contributed by atoms with Crippen LogP contribution in [0.15, 0.2) is 18.2 Å². The van der Waals surface area contributed by atoms with E-state index < -0.39 is 0 Å². The SMILES string of the molecule is CN(Cc1cc(Cl)cc(Cl)c1)CC1CNCCO1. The van der Waals surface area contributed by atoms with Gasteiger partial charge < -0.3 is 10.1 Å². The Morgan fingerprint density at radius 1 is 1.33 bits per heavy atom. The molecule has 0 radical (unpaired) electrons. The van der Waals surface area contributed by atoms with Crippen LogP contribution in [-0.4, -0.2) is 44.3 Å². The lowest BCUT2D eigenvalue weighted by molar-refractivity contribution is 0.00885. The molecule has 0 bridgehead atoms. The molecule has 18 heavy (non-hydrogen) atoms. The minimum Gasteiger partial charge on any atom is -0.374 e. The average Bonchev–Trinajstić information content (AvgIpc) is 2.28. The molecule has 0 spiro atoms. The van der Waals surface area contributed by atoms with Gasteiger partial charge in [-0.3, -0.25) is 4.90 Å². The lowest BCUT2D eigenvalue weighted by atomic mass is 10.2. The Kier molecular flexibility index (Phi) is 5.27. The summed E-state index contributed by atoms with van der Waals surface area (Å²) in [5, 5.41) is 4.69. The van der Waals surface area contributed by atoms with E-state index in [4.69, 9.17) is 27.9 Å². The first-order valence-electron chi connectivity index (χ1n) is 6.09. The van der Waals surface area contributed by atoms with Crippen LogP contribution in [0, 0.1) is 0 Å². The Morgan fingerprint density at radius 2 is 2.06 bits per heavy atom. The number of hydrogen-bond acceptors (Lipinski definition) is 3. The van der Waals surface area contributed by atoms with Crippen LogP contribution in [0.1, 0.15) is 5.56 Å². The highest BCUT2D eigenvalue weighted by molar-refractivity contribution is 6.34. The molecule has 1 unspecified atom stereocenters. The van der Waals surface area contributed by atoms with Gasteiger partial charge in [0, 0.05) is 36.2 Å². The van der Waals surface area contributed by atoms with E-state index in [0.29, 0.717) is 10.0 Å². The van der Waals surface area contributed by atoms with Crippen molar-refractivity contribution >= 4 is 23.2 Å². The van der Waals surface area contributed by atoms with Gasteiger partial charge in [-0.15, -0.1) is 0 Å². The molecule has 0 aliphatic carbocycles. The van der Waals surface area contributed by atoms with Crippen molar-refractivity contribution in [3.8, 4) is 0 Å². The summed E-state index contributed by atoms with van der Waals surface area (Å²) in [6.45, 7) is 4.38. The molecule has 3 nitrogen and oxygen atoms in total. The van der Waals surface area contributed by atoms with Gasteiger partial charge in [-0.1, -0.05) is 23.2 Å². The molecule has 1 aliphatic heterocycles. The van der Waals surface area contributed by atoms with Gasteiger partial charge in [0.2, 0.25) is 0 Å². The maximum absolute atomic E-state index is 5.99. The summed E-state index contributed by atoms with van der Waals surface area (Å²) in [7, 11) is 2.08. The van der Waals surface area contributed by atoms with Crippen LogP contribution in [0.25, 0.3) is 0 Å². The second-order valence-corrected chi connectivity index (χ2v) is 5.54. The standard InChI is InChI=1S/C13H18Cl2N2O/c1-17(9-13-7-16-2-3-18-13)8-10-4-11(14)6-12(15)5-10/h4-6,13,16H,2-3,7-9H2,1H3. The molecule has 1 heterocycles. The van der Waals surface area contributed by atoms with Crippen LogP contribution in [0.5, 0.6) is 0 Å². The predicted octanol–water partition coefficient (Wildman–Crippen LogP) is 2.41. The fraction of sp³-hybridized carbons (Fsp3) is 0.538. The summed E-state index contributed by atoms with van der Waals surface area (Å²) >= 11 is 12.0. The summed E-state index contributed by atoms with van der Waals surface area (Å²) in [5.74, 6) is 0. The number of hydrogen-bond donors (Lipinski definition) is 1. The van der Waals surface area contributed by atoms with E-state index in [1.165, 1.54) is 0 Å². The molecule has 2 rings (SSSR count). The zero-order valence-electron chi connectivity index (χ0n) is 10.5. The van der Waals surface area contributed by atoms with Crippen molar-refractivity contribution in [2.45, 2.75) is 12.6 Å². The maximum atomic E-state index is 5.99. The highest BCUT2D eigenvalue weighted by Crippen LogP contribution is 2.20. The topological polar surface area (TPSA) is 24.5 Å². The van der Waals surface area contributed by atoms with Gasteiger partial charge in [0.15, 0.2) is 0 Å². The Morgan fingerprint density at radius 3 is 2.67 bits per heavy atom. The number of halogens is 2. The van der Waals surface area contributed by atoms with Gasteiger partial charge in [0.05, 0.1) is 12.7 Å². The van der Waals surface area contributed by atoms with Crippen molar-refractivity contribution in [1.82, 2.24) is 10.2 Å². The summed E-state index contributed by atoms with van der Waals surface area (Å²) < 4.78 is 5.68. The van der Waals surface area contributed by atoms with Crippen molar-refractivity contribution < 1.29 is 4.74 Å². The Balaban J connectivity index is 1.87. The normalized spacial score (nSPS) is 20.3. The lowest BCUT2D eigenvalue weighted by Crippen LogP contribution is -2.44. The van der Waals surface area contributed by atoms with Crippen molar-refractivity contribution in [2.24, 2.45) is 0 Å². The average molecular weight is 289 g/mol. The van der Waals surface area contributed by atoms with E-state index in [1.807, 2.05) is 12.1 Å². The van der Waals surface area contributed by atoms with Gasteiger partial charge in [-0.25, -0.2) is 0 Å². The third-order valence-electron chi connectivity index (χ3n) is 2.89. The second kappa shape index (κ2) is 6.73. The molecule has 0 saturated carbocycles. The molecular formula is C13H18Cl2N2O. The molecule has 0 aromatic heterocycles. The van der Waals surface area contributed by atoms with Gasteiger partial charge in [-0.2, -0.15) is 0 Å². The molecule has 1 atom stereocenters. The Labute approximate surface area is 118 Å². The van der Waals surface area contributed by atoms with Gasteiger partial charge in [-0.05, 0) is 30.8 Å². The monoisotopic (exact) mass is 288 g/mol. The number of ether oxygens (including phenoxy) is 1. The van der Waals surface area contributed by atoms with E-state index in [9.17, 15) is 0 Å². The Bertz CT molecular complexity index is 374. The zero-order valence-corrected chi connectivity index (χ0v) is 12.0. The number of rotatable bonds is 4. The van der Waals surface area contributed by atoms with Crippen LogP contribution >= 0.6 is 23.2 Å². The van der Waals surface area contributed by atoms with E-state index in [-0.39, 0.29) is 6.10 Å². The minimum absolute atomic E-state index is 0.262. The number of benzene rings is 1. The molecule has 1 saturated heterocycles. The van der Waals surface area contributed by atoms with Crippen molar-refractivity contribution in [1.29, 1.82) is 0 Å². The Hall–Kier alpha value is -0.320. The van der Waals surface area contributed by atoms with Crippen molar-refractivity contribution in [3.05, 3.63) is 33.8 Å². The van der Waals surface area contributed by atoms with Crippen LogP contribution in [0.2, 0.25) is 10.0 Å². The van der Waals surface area contributed by atoms with E-state index in [1.54, 1.807) is 6.07 Å². The molecule has 1 N–H and O–H groups in total. The molecule has 100 valence electrons. The fourth-order valence-electron chi connectivity index (χ4n) is 2.16. The highest BCUT2D eigenvalue weighted by atomic mass is 35.5. The largest absolute Gasteiger partial charge is 0.374 e. The van der Waals surface area contributed by atoms with E-state index in [0.717, 1.165) is 38.3 Å². The van der Waals surface area contributed by atoms with Gasteiger partial charge >= 0.3 is 0 Å². The van der Waals surface area contributed by atoms with Crippen LogP contribution in [0.4, 0.5) is 0 Å². The molecule has 1 fully saturated rings. The number of likely N-dealkylation sites (N-methyl/N-ethyl adjacent to an activating group) is 1. The summed E-state index contributed by atoms with van der Waals surface area (Å²) in [6, 6.07) is 5.65. The molecule has 1 aromatic carbocycles. The van der Waals surface area contributed by atoms with Crippen LogP contribution in [0.3, 0.4) is 0 Å². The minimum atomic E-state index is 0.262. The molecule has 1 aromatic rings. The van der Waals surface area contributed by atoms with Crippen molar-refractivity contribution in [3.63, 3.8) is 0 Å². The molecular weight excluding hydrogens is 271 g/mol. The smallest absolute Gasteiger partial charge is 0.0826 e. The zero-order chi connectivity index (χ0) is 13.0. The first-order chi connectivity index (χ1) is 8.63.